The summed E-state index contributed by atoms with van der Waals surface area (Å²) in [5.41, 5.74) is 0.965. The number of carbonyl (C=O) groups excluding carboxylic acids is 2. The Hall–Kier alpha value is -2.47. The van der Waals surface area contributed by atoms with Crippen LogP contribution in [0, 0.1) is 5.82 Å². The largest absolute Gasteiger partial charge is 0.456 e. The van der Waals surface area contributed by atoms with Gasteiger partial charge in [0.2, 0.25) is 5.91 Å². The highest BCUT2D eigenvalue weighted by Gasteiger charge is 2.14. The van der Waals surface area contributed by atoms with Crippen LogP contribution in [0.2, 0.25) is 0 Å². The van der Waals surface area contributed by atoms with Crippen molar-refractivity contribution in [3.05, 3.63) is 75.6 Å². The van der Waals surface area contributed by atoms with E-state index in [1.807, 2.05) is 6.07 Å². The zero-order valence-electron chi connectivity index (χ0n) is 12.9. The summed E-state index contributed by atoms with van der Waals surface area (Å²) in [6.45, 7) is 1.06. The second kappa shape index (κ2) is 8.40. The molecule has 2 rings (SSSR count). The third-order valence-corrected chi connectivity index (χ3v) is 3.51. The Bertz CT molecular complexity index is 775. The summed E-state index contributed by atoms with van der Waals surface area (Å²) in [6.07, 6.45) is 1.50. The quantitative estimate of drug-likeness (QED) is 0.622. The molecule has 0 aliphatic rings. The third kappa shape index (κ3) is 5.31. The summed E-state index contributed by atoms with van der Waals surface area (Å²) in [6, 6.07) is 13.5. The number of hydrogen-bond acceptors (Lipinski definition) is 3. The number of amides is 1. The van der Waals surface area contributed by atoms with Crippen molar-refractivity contribution in [2.75, 3.05) is 0 Å². The first kappa shape index (κ1) is 17.9. The molecule has 2 aromatic carbocycles. The second-order valence-corrected chi connectivity index (χ2v) is 5.88. The molecule has 1 N–H and O–H groups in total. The molecule has 0 heterocycles. The molecule has 0 aromatic heterocycles. The molecule has 2 aromatic rings. The van der Waals surface area contributed by atoms with Crippen LogP contribution in [0.15, 0.2) is 58.7 Å². The fraction of sp³-hybridized carbons (Fsp3) is 0.111. The van der Waals surface area contributed by atoms with Crippen molar-refractivity contribution in [1.29, 1.82) is 0 Å². The average Bonchev–Trinajstić information content (AvgIpc) is 2.53. The van der Waals surface area contributed by atoms with E-state index in [9.17, 15) is 14.0 Å². The molecule has 1 amide bonds. The summed E-state index contributed by atoms with van der Waals surface area (Å²) in [5, 5.41) is 2.43. The van der Waals surface area contributed by atoms with Crippen molar-refractivity contribution < 1.29 is 18.7 Å². The Kier molecular flexibility index (Phi) is 6.26. The van der Waals surface area contributed by atoms with Crippen molar-refractivity contribution in [1.82, 2.24) is 5.32 Å². The summed E-state index contributed by atoms with van der Waals surface area (Å²) in [4.78, 5) is 23.5. The summed E-state index contributed by atoms with van der Waals surface area (Å²) >= 11 is 3.16. The SMILES string of the molecule is CC(=O)NC(=Cc1ccccc1)C(=O)OCc1ccc(Br)cc1F. The van der Waals surface area contributed by atoms with E-state index in [-0.39, 0.29) is 17.9 Å². The van der Waals surface area contributed by atoms with Gasteiger partial charge in [-0.25, -0.2) is 9.18 Å². The Balaban J connectivity index is 2.13. The molecule has 0 aliphatic heterocycles. The average molecular weight is 392 g/mol. The summed E-state index contributed by atoms with van der Waals surface area (Å²) in [5.74, 6) is -1.62. The number of benzene rings is 2. The Labute approximate surface area is 147 Å². The molecule has 0 aliphatic carbocycles. The van der Waals surface area contributed by atoms with Crippen LogP contribution >= 0.6 is 15.9 Å². The van der Waals surface area contributed by atoms with Gasteiger partial charge in [0.25, 0.3) is 0 Å². The van der Waals surface area contributed by atoms with Crippen LogP contribution < -0.4 is 5.32 Å². The maximum absolute atomic E-state index is 13.8. The summed E-state index contributed by atoms with van der Waals surface area (Å²) < 4.78 is 19.5. The molecule has 0 spiro atoms. The molecule has 0 saturated carbocycles. The van der Waals surface area contributed by atoms with Crippen LogP contribution in [0.4, 0.5) is 4.39 Å². The molecule has 0 radical (unpaired) electrons. The minimum absolute atomic E-state index is 0.00813. The summed E-state index contributed by atoms with van der Waals surface area (Å²) in [7, 11) is 0. The Morgan fingerprint density at radius 1 is 1.21 bits per heavy atom. The topological polar surface area (TPSA) is 55.4 Å². The van der Waals surface area contributed by atoms with Gasteiger partial charge in [0, 0.05) is 17.0 Å². The number of nitrogens with one attached hydrogen (secondary N) is 1. The van der Waals surface area contributed by atoms with Crippen molar-refractivity contribution in [2.24, 2.45) is 0 Å². The maximum atomic E-state index is 13.8. The van der Waals surface area contributed by atoms with Crippen LogP contribution in [0.3, 0.4) is 0 Å². The van der Waals surface area contributed by atoms with Gasteiger partial charge < -0.3 is 10.1 Å². The van der Waals surface area contributed by atoms with Crippen molar-refractivity contribution >= 4 is 33.9 Å². The predicted octanol–water partition coefficient (Wildman–Crippen LogP) is 3.81. The van der Waals surface area contributed by atoms with Gasteiger partial charge in [0.1, 0.15) is 18.1 Å². The van der Waals surface area contributed by atoms with E-state index >= 15 is 0 Å². The first-order valence-corrected chi connectivity index (χ1v) is 7.90. The zero-order valence-corrected chi connectivity index (χ0v) is 14.5. The molecule has 4 nitrogen and oxygen atoms in total. The van der Waals surface area contributed by atoms with Gasteiger partial charge in [0.15, 0.2) is 0 Å². The first-order valence-electron chi connectivity index (χ1n) is 7.11. The van der Waals surface area contributed by atoms with Gasteiger partial charge in [-0.1, -0.05) is 52.3 Å². The van der Waals surface area contributed by atoms with E-state index in [2.05, 4.69) is 21.2 Å². The van der Waals surface area contributed by atoms with Gasteiger partial charge in [0.05, 0.1) is 0 Å². The predicted molar refractivity (Wildman–Crippen MR) is 92.1 cm³/mol. The van der Waals surface area contributed by atoms with Crippen molar-refractivity contribution in [3.8, 4) is 0 Å². The second-order valence-electron chi connectivity index (χ2n) is 4.96. The number of ether oxygens (including phenoxy) is 1. The van der Waals surface area contributed by atoms with E-state index < -0.39 is 17.7 Å². The standard InChI is InChI=1S/C18H15BrFNO3/c1-12(22)21-17(9-13-5-3-2-4-6-13)18(23)24-11-14-7-8-15(19)10-16(14)20/h2-10H,11H2,1H3,(H,21,22). The molecule has 0 atom stereocenters. The van der Waals surface area contributed by atoms with E-state index in [1.165, 1.54) is 25.1 Å². The lowest BCUT2D eigenvalue weighted by Crippen LogP contribution is -2.26. The third-order valence-electron chi connectivity index (χ3n) is 3.02. The highest BCUT2D eigenvalue weighted by molar-refractivity contribution is 9.10. The molecule has 0 unspecified atom stereocenters. The first-order chi connectivity index (χ1) is 11.5. The number of rotatable bonds is 5. The molecule has 124 valence electrons. The van der Waals surface area contributed by atoms with Crippen LogP contribution in [-0.2, 0) is 20.9 Å². The lowest BCUT2D eigenvalue weighted by atomic mass is 10.2. The van der Waals surface area contributed by atoms with E-state index in [0.29, 0.717) is 4.47 Å². The minimum Gasteiger partial charge on any atom is -0.456 e. The fourth-order valence-electron chi connectivity index (χ4n) is 1.91. The van der Waals surface area contributed by atoms with Crippen LogP contribution in [0.5, 0.6) is 0 Å². The highest BCUT2D eigenvalue weighted by Crippen LogP contribution is 2.16. The lowest BCUT2D eigenvalue weighted by Gasteiger charge is -2.10. The lowest BCUT2D eigenvalue weighted by molar-refractivity contribution is -0.141. The van der Waals surface area contributed by atoms with E-state index in [4.69, 9.17) is 4.74 Å². The number of hydrogen-bond donors (Lipinski definition) is 1. The smallest absolute Gasteiger partial charge is 0.355 e. The van der Waals surface area contributed by atoms with Gasteiger partial charge >= 0.3 is 5.97 Å². The number of halogens is 2. The number of esters is 1. The molecular weight excluding hydrogens is 377 g/mol. The van der Waals surface area contributed by atoms with Crippen molar-refractivity contribution in [2.45, 2.75) is 13.5 Å². The fourth-order valence-corrected chi connectivity index (χ4v) is 2.24. The normalized spacial score (nSPS) is 11.0. The molecule has 0 bridgehead atoms. The van der Waals surface area contributed by atoms with Crippen LogP contribution in [0.25, 0.3) is 6.08 Å². The Morgan fingerprint density at radius 3 is 2.54 bits per heavy atom. The Morgan fingerprint density at radius 2 is 1.92 bits per heavy atom. The highest BCUT2D eigenvalue weighted by atomic mass is 79.9. The molecular formula is C18H15BrFNO3. The van der Waals surface area contributed by atoms with Crippen LogP contribution in [0.1, 0.15) is 18.1 Å². The van der Waals surface area contributed by atoms with Crippen LogP contribution in [-0.4, -0.2) is 11.9 Å². The zero-order chi connectivity index (χ0) is 17.5. The van der Waals surface area contributed by atoms with Gasteiger partial charge in [-0.05, 0) is 23.8 Å². The molecule has 0 saturated heterocycles. The maximum Gasteiger partial charge on any atom is 0.355 e. The van der Waals surface area contributed by atoms with Gasteiger partial charge in [-0.15, -0.1) is 0 Å². The van der Waals surface area contributed by atoms with Gasteiger partial charge in [-0.2, -0.15) is 0 Å². The van der Waals surface area contributed by atoms with Gasteiger partial charge in [-0.3, -0.25) is 4.79 Å². The minimum atomic E-state index is -0.739. The van der Waals surface area contributed by atoms with E-state index in [0.717, 1.165) is 5.56 Å². The van der Waals surface area contributed by atoms with Crippen molar-refractivity contribution in [3.63, 3.8) is 0 Å². The van der Waals surface area contributed by atoms with E-state index in [1.54, 1.807) is 30.3 Å². The molecule has 24 heavy (non-hydrogen) atoms. The monoisotopic (exact) mass is 391 g/mol. The molecule has 0 fully saturated rings. The molecule has 6 heteroatoms. The number of carbonyl (C=O) groups is 2.